The largest absolute Gasteiger partial charge is 0.436 e. The van der Waals surface area contributed by atoms with Crippen LogP contribution in [0.4, 0.5) is 13.2 Å². The SMILES string of the molecule is CC.CC.CN.CN.FC(F)(F)c1ccccc1-c1nc2ccccc2o1. The molecule has 3 aromatic rings. The molecule has 2 aromatic carbocycles. The standard InChI is InChI=1S/C14H8F3NO.2C2H6.2CH5N/c15-14(16,17)10-6-2-1-5-9(10)13-18-11-7-3-4-8-12(11)19-13;4*1-2/h1-8H;2*1-2H3;2*2H2,1H3. The van der Waals surface area contributed by atoms with Gasteiger partial charge in [-0.05, 0) is 38.4 Å². The minimum Gasteiger partial charge on any atom is -0.436 e. The summed E-state index contributed by atoms with van der Waals surface area (Å²) in [5.41, 5.74) is 9.21. The van der Waals surface area contributed by atoms with Gasteiger partial charge in [0.2, 0.25) is 5.89 Å². The number of para-hydroxylation sites is 2. The van der Waals surface area contributed by atoms with Crippen molar-refractivity contribution < 1.29 is 17.6 Å². The molecule has 27 heavy (non-hydrogen) atoms. The van der Waals surface area contributed by atoms with Gasteiger partial charge < -0.3 is 15.9 Å². The average Bonchev–Trinajstić information content (AvgIpc) is 3.18. The molecule has 0 unspecified atom stereocenters. The molecule has 7 heteroatoms. The van der Waals surface area contributed by atoms with Crippen LogP contribution in [0, 0.1) is 0 Å². The third-order valence-electron chi connectivity index (χ3n) is 2.76. The Morgan fingerprint density at radius 3 is 1.78 bits per heavy atom. The van der Waals surface area contributed by atoms with Crippen molar-refractivity contribution in [3.8, 4) is 11.5 Å². The van der Waals surface area contributed by atoms with E-state index in [0.717, 1.165) is 6.07 Å². The second kappa shape index (κ2) is 14.8. The minimum atomic E-state index is -4.43. The van der Waals surface area contributed by atoms with E-state index in [0.29, 0.717) is 11.1 Å². The summed E-state index contributed by atoms with van der Waals surface area (Å²) in [6.45, 7) is 8.00. The smallest absolute Gasteiger partial charge is 0.417 e. The number of nitrogens with two attached hydrogens (primary N) is 2. The maximum absolute atomic E-state index is 12.9. The topological polar surface area (TPSA) is 78.1 Å². The molecule has 4 nitrogen and oxygen atoms in total. The third kappa shape index (κ3) is 7.80. The normalized spacial score (nSPS) is 9.30. The van der Waals surface area contributed by atoms with Crippen molar-refractivity contribution in [1.82, 2.24) is 4.98 Å². The number of oxazole rings is 1. The molecule has 1 aromatic heterocycles. The zero-order valence-corrected chi connectivity index (χ0v) is 16.8. The zero-order valence-electron chi connectivity index (χ0n) is 16.8. The van der Waals surface area contributed by atoms with E-state index >= 15 is 0 Å². The van der Waals surface area contributed by atoms with E-state index in [-0.39, 0.29) is 11.5 Å². The van der Waals surface area contributed by atoms with Crippen LogP contribution in [0.5, 0.6) is 0 Å². The predicted molar refractivity (Wildman–Crippen MR) is 107 cm³/mol. The van der Waals surface area contributed by atoms with E-state index < -0.39 is 11.7 Å². The van der Waals surface area contributed by atoms with Crippen molar-refractivity contribution in [3.05, 3.63) is 54.1 Å². The number of fused-ring (bicyclic) bond motifs is 1. The van der Waals surface area contributed by atoms with Gasteiger partial charge in [-0.3, -0.25) is 0 Å². The summed E-state index contributed by atoms with van der Waals surface area (Å²) in [5, 5.41) is 0. The number of halogens is 3. The molecular formula is C20H30F3N3O. The lowest BCUT2D eigenvalue weighted by molar-refractivity contribution is -0.137. The second-order valence-electron chi connectivity index (χ2n) is 4.03. The van der Waals surface area contributed by atoms with Crippen molar-refractivity contribution >= 4 is 11.1 Å². The van der Waals surface area contributed by atoms with Crippen LogP contribution < -0.4 is 11.5 Å². The maximum Gasteiger partial charge on any atom is 0.417 e. The lowest BCUT2D eigenvalue weighted by Gasteiger charge is -2.09. The molecule has 4 N–H and O–H groups in total. The van der Waals surface area contributed by atoms with E-state index in [1.54, 1.807) is 24.3 Å². The molecule has 0 atom stereocenters. The molecule has 0 aliphatic rings. The second-order valence-corrected chi connectivity index (χ2v) is 4.03. The third-order valence-corrected chi connectivity index (χ3v) is 2.76. The molecule has 0 bridgehead atoms. The van der Waals surface area contributed by atoms with Crippen LogP contribution in [0.1, 0.15) is 33.3 Å². The van der Waals surface area contributed by atoms with Crippen molar-refractivity contribution in [3.63, 3.8) is 0 Å². The van der Waals surface area contributed by atoms with Gasteiger partial charge in [-0.15, -0.1) is 0 Å². The molecule has 1 heterocycles. The van der Waals surface area contributed by atoms with Crippen LogP contribution in [-0.4, -0.2) is 19.1 Å². The summed E-state index contributed by atoms with van der Waals surface area (Å²) in [6.07, 6.45) is -4.43. The molecule has 3 rings (SSSR count). The van der Waals surface area contributed by atoms with Gasteiger partial charge in [0.25, 0.3) is 0 Å². The van der Waals surface area contributed by atoms with Gasteiger partial charge in [0.15, 0.2) is 5.58 Å². The maximum atomic E-state index is 12.9. The zero-order chi connectivity index (χ0) is 21.5. The predicted octanol–water partition coefficient (Wildman–Crippen LogP) is 5.72. The number of alkyl halides is 3. The van der Waals surface area contributed by atoms with Crippen LogP contribution in [0.25, 0.3) is 22.6 Å². The van der Waals surface area contributed by atoms with Gasteiger partial charge in [-0.25, -0.2) is 4.98 Å². The van der Waals surface area contributed by atoms with Gasteiger partial charge in [-0.1, -0.05) is 52.0 Å². The lowest BCUT2D eigenvalue weighted by Crippen LogP contribution is -2.06. The van der Waals surface area contributed by atoms with E-state index in [2.05, 4.69) is 16.5 Å². The van der Waals surface area contributed by atoms with E-state index in [4.69, 9.17) is 4.42 Å². The molecule has 152 valence electrons. The summed E-state index contributed by atoms with van der Waals surface area (Å²) in [5.74, 6) is -0.0193. The van der Waals surface area contributed by atoms with Crippen molar-refractivity contribution in [2.75, 3.05) is 14.1 Å². The summed E-state index contributed by atoms with van der Waals surface area (Å²) in [7, 11) is 3.00. The Morgan fingerprint density at radius 2 is 1.26 bits per heavy atom. The number of aromatic nitrogens is 1. The van der Waals surface area contributed by atoms with Crippen LogP contribution in [0.2, 0.25) is 0 Å². The van der Waals surface area contributed by atoms with E-state index in [1.807, 2.05) is 27.7 Å². The first-order valence-corrected chi connectivity index (χ1v) is 8.73. The van der Waals surface area contributed by atoms with E-state index in [9.17, 15) is 13.2 Å². The number of benzene rings is 2. The Balaban J connectivity index is 0. The quantitative estimate of drug-likeness (QED) is 0.562. The first-order chi connectivity index (χ1) is 13.1. The fourth-order valence-electron chi connectivity index (χ4n) is 1.90. The Kier molecular flexibility index (Phi) is 14.7. The highest BCUT2D eigenvalue weighted by Gasteiger charge is 2.34. The van der Waals surface area contributed by atoms with Gasteiger partial charge in [-0.2, -0.15) is 13.2 Å². The monoisotopic (exact) mass is 385 g/mol. The van der Waals surface area contributed by atoms with Gasteiger partial charge in [0.05, 0.1) is 5.56 Å². The molecule has 0 saturated carbocycles. The number of hydrogen-bond acceptors (Lipinski definition) is 4. The fourth-order valence-corrected chi connectivity index (χ4v) is 1.90. The fraction of sp³-hybridized carbons (Fsp3) is 0.350. The molecule has 0 spiro atoms. The van der Waals surface area contributed by atoms with Crippen molar-refractivity contribution in [2.45, 2.75) is 33.9 Å². The number of rotatable bonds is 1. The van der Waals surface area contributed by atoms with Crippen molar-refractivity contribution in [1.29, 1.82) is 0 Å². The molecule has 0 radical (unpaired) electrons. The van der Waals surface area contributed by atoms with Gasteiger partial charge >= 0.3 is 6.18 Å². The Hall–Kier alpha value is -2.38. The Bertz CT molecular complexity index is 707. The number of hydrogen-bond donors (Lipinski definition) is 2. The molecular weight excluding hydrogens is 355 g/mol. The highest BCUT2D eigenvalue weighted by Crippen LogP contribution is 2.37. The van der Waals surface area contributed by atoms with Crippen LogP contribution in [0.3, 0.4) is 0 Å². The molecule has 0 amide bonds. The first-order valence-electron chi connectivity index (χ1n) is 8.73. The highest BCUT2D eigenvalue weighted by molar-refractivity contribution is 5.76. The highest BCUT2D eigenvalue weighted by atomic mass is 19.4. The lowest BCUT2D eigenvalue weighted by atomic mass is 10.1. The molecule has 0 aliphatic heterocycles. The summed E-state index contributed by atoms with van der Waals surface area (Å²) in [6, 6.07) is 12.1. The minimum absolute atomic E-state index is 0.0193. The van der Waals surface area contributed by atoms with Crippen LogP contribution in [-0.2, 0) is 6.18 Å². The Labute approximate surface area is 159 Å². The summed E-state index contributed by atoms with van der Waals surface area (Å²) >= 11 is 0. The van der Waals surface area contributed by atoms with Gasteiger partial charge in [0.1, 0.15) is 5.52 Å². The van der Waals surface area contributed by atoms with Crippen LogP contribution >= 0.6 is 0 Å². The summed E-state index contributed by atoms with van der Waals surface area (Å²) in [4.78, 5) is 4.09. The molecule has 0 fully saturated rings. The molecule has 0 saturated heterocycles. The van der Waals surface area contributed by atoms with Crippen LogP contribution in [0.15, 0.2) is 52.9 Å². The van der Waals surface area contributed by atoms with E-state index in [1.165, 1.54) is 32.3 Å². The average molecular weight is 385 g/mol. The van der Waals surface area contributed by atoms with Gasteiger partial charge in [0, 0.05) is 5.56 Å². The summed E-state index contributed by atoms with van der Waals surface area (Å²) < 4.78 is 44.1. The number of nitrogens with zero attached hydrogens (tertiary/aromatic N) is 1. The van der Waals surface area contributed by atoms with Crippen molar-refractivity contribution in [2.24, 2.45) is 11.5 Å². The first kappa shape index (κ1) is 26.8. The Morgan fingerprint density at radius 1 is 0.778 bits per heavy atom. The molecule has 0 aliphatic carbocycles.